The van der Waals surface area contributed by atoms with Gasteiger partial charge in [-0.25, -0.2) is 0 Å². The summed E-state index contributed by atoms with van der Waals surface area (Å²) in [4.78, 5) is 12.7. The average Bonchev–Trinajstić information content (AvgIpc) is 3.29. The first kappa shape index (κ1) is 24.3. The summed E-state index contributed by atoms with van der Waals surface area (Å²) < 4.78 is 12.7. The molecule has 4 rings (SSSR count). The molecule has 0 radical (unpaired) electrons. The SMILES string of the molecule is CCOc1ccc(-n2c(CNC(=O)c3ccc(OC)cc3)nnc2SCc2cccc(C)c2)cc1. The van der Waals surface area contributed by atoms with Gasteiger partial charge in [0.25, 0.3) is 5.91 Å². The summed E-state index contributed by atoms with van der Waals surface area (Å²) in [6.07, 6.45) is 0. The first-order valence-electron chi connectivity index (χ1n) is 11.4. The zero-order valence-electron chi connectivity index (χ0n) is 20.0. The summed E-state index contributed by atoms with van der Waals surface area (Å²) in [5.74, 6) is 2.71. The minimum absolute atomic E-state index is 0.192. The maximum atomic E-state index is 12.7. The van der Waals surface area contributed by atoms with Crippen molar-refractivity contribution in [2.45, 2.75) is 31.3 Å². The second-order valence-corrected chi connectivity index (χ2v) is 8.79. The Bertz CT molecular complexity index is 1270. The summed E-state index contributed by atoms with van der Waals surface area (Å²) in [6, 6.07) is 23.2. The van der Waals surface area contributed by atoms with Crippen molar-refractivity contribution in [1.29, 1.82) is 0 Å². The van der Waals surface area contributed by atoms with E-state index in [2.05, 4.69) is 46.7 Å². The van der Waals surface area contributed by atoms with Gasteiger partial charge in [0.05, 0.1) is 20.3 Å². The predicted octanol–water partition coefficient (Wildman–Crippen LogP) is 5.21. The molecule has 0 aliphatic carbocycles. The molecule has 0 aliphatic heterocycles. The van der Waals surface area contributed by atoms with E-state index in [1.54, 1.807) is 43.1 Å². The first-order chi connectivity index (χ1) is 17.1. The molecule has 0 fully saturated rings. The van der Waals surface area contributed by atoms with E-state index in [0.717, 1.165) is 22.3 Å². The third-order valence-corrected chi connectivity index (χ3v) is 6.32. The van der Waals surface area contributed by atoms with E-state index < -0.39 is 0 Å². The van der Waals surface area contributed by atoms with Crippen LogP contribution in [0.3, 0.4) is 0 Å². The van der Waals surface area contributed by atoms with Crippen LogP contribution in [0, 0.1) is 6.92 Å². The number of nitrogens with zero attached hydrogens (tertiary/aromatic N) is 3. The number of nitrogens with one attached hydrogen (secondary N) is 1. The van der Waals surface area contributed by atoms with E-state index in [1.165, 1.54) is 11.1 Å². The Morgan fingerprint density at radius 2 is 1.74 bits per heavy atom. The molecule has 4 aromatic rings. The number of hydrogen-bond acceptors (Lipinski definition) is 6. The van der Waals surface area contributed by atoms with E-state index in [0.29, 0.717) is 23.7 Å². The van der Waals surface area contributed by atoms with Crippen LogP contribution < -0.4 is 14.8 Å². The number of methoxy groups -OCH3 is 1. The minimum Gasteiger partial charge on any atom is -0.497 e. The van der Waals surface area contributed by atoms with E-state index in [-0.39, 0.29) is 12.5 Å². The van der Waals surface area contributed by atoms with Crippen molar-refractivity contribution in [3.05, 3.63) is 95.3 Å². The average molecular weight is 489 g/mol. The van der Waals surface area contributed by atoms with Crippen molar-refractivity contribution in [3.63, 3.8) is 0 Å². The lowest BCUT2D eigenvalue weighted by Gasteiger charge is -2.12. The number of aryl methyl sites for hydroxylation is 1. The van der Waals surface area contributed by atoms with Crippen LogP contribution in [0.4, 0.5) is 0 Å². The molecule has 8 heteroatoms. The zero-order valence-corrected chi connectivity index (χ0v) is 20.8. The van der Waals surface area contributed by atoms with E-state index in [1.807, 2.05) is 35.8 Å². The van der Waals surface area contributed by atoms with Crippen molar-refractivity contribution in [1.82, 2.24) is 20.1 Å². The molecule has 7 nitrogen and oxygen atoms in total. The number of benzene rings is 3. The molecule has 0 saturated carbocycles. The van der Waals surface area contributed by atoms with Gasteiger partial charge in [-0.1, -0.05) is 41.6 Å². The summed E-state index contributed by atoms with van der Waals surface area (Å²) in [7, 11) is 1.59. The van der Waals surface area contributed by atoms with E-state index in [4.69, 9.17) is 9.47 Å². The lowest BCUT2D eigenvalue weighted by atomic mass is 10.2. The van der Waals surface area contributed by atoms with Gasteiger partial charge in [-0.05, 0) is 67.9 Å². The quantitative estimate of drug-likeness (QED) is 0.309. The van der Waals surface area contributed by atoms with Crippen LogP contribution in [-0.2, 0) is 12.3 Å². The number of aromatic nitrogens is 3. The van der Waals surface area contributed by atoms with Crippen LogP contribution in [0.15, 0.2) is 78.0 Å². The van der Waals surface area contributed by atoms with Gasteiger partial charge in [-0.15, -0.1) is 10.2 Å². The van der Waals surface area contributed by atoms with Gasteiger partial charge in [-0.3, -0.25) is 9.36 Å². The fourth-order valence-corrected chi connectivity index (χ4v) is 4.49. The molecule has 0 atom stereocenters. The largest absolute Gasteiger partial charge is 0.497 e. The van der Waals surface area contributed by atoms with Crippen molar-refractivity contribution < 1.29 is 14.3 Å². The van der Waals surface area contributed by atoms with Gasteiger partial charge in [-0.2, -0.15) is 0 Å². The second kappa shape index (κ2) is 11.6. The monoisotopic (exact) mass is 488 g/mol. The van der Waals surface area contributed by atoms with Gasteiger partial charge in [0, 0.05) is 17.0 Å². The molecule has 1 aromatic heterocycles. The summed E-state index contributed by atoms with van der Waals surface area (Å²) in [5.41, 5.74) is 3.88. The van der Waals surface area contributed by atoms with Gasteiger partial charge >= 0.3 is 0 Å². The third kappa shape index (κ3) is 6.22. The Hall–Kier alpha value is -3.78. The van der Waals surface area contributed by atoms with Crippen LogP contribution in [0.2, 0.25) is 0 Å². The normalized spacial score (nSPS) is 10.7. The summed E-state index contributed by atoms with van der Waals surface area (Å²) in [6.45, 7) is 4.87. The number of thioether (sulfide) groups is 1. The third-order valence-electron chi connectivity index (χ3n) is 5.32. The molecule has 0 unspecified atom stereocenters. The molecular formula is C27H28N4O3S. The van der Waals surface area contributed by atoms with Gasteiger partial charge in [0.1, 0.15) is 11.5 Å². The van der Waals surface area contributed by atoms with Crippen LogP contribution >= 0.6 is 11.8 Å². The summed E-state index contributed by atoms with van der Waals surface area (Å²) in [5, 5.41) is 12.5. The molecule has 0 aliphatic rings. The highest BCUT2D eigenvalue weighted by Crippen LogP contribution is 2.27. The summed E-state index contributed by atoms with van der Waals surface area (Å²) >= 11 is 1.61. The number of hydrogen-bond donors (Lipinski definition) is 1. The molecule has 3 aromatic carbocycles. The molecule has 0 bridgehead atoms. The van der Waals surface area contributed by atoms with Crippen LogP contribution in [0.25, 0.3) is 5.69 Å². The number of carbonyl (C=O) groups excluding carboxylic acids is 1. The number of carbonyl (C=O) groups is 1. The van der Waals surface area contributed by atoms with Gasteiger partial charge < -0.3 is 14.8 Å². The van der Waals surface area contributed by atoms with Crippen LogP contribution in [0.1, 0.15) is 34.2 Å². The highest BCUT2D eigenvalue weighted by Gasteiger charge is 2.16. The van der Waals surface area contributed by atoms with Gasteiger partial charge in [0.15, 0.2) is 11.0 Å². The lowest BCUT2D eigenvalue weighted by Crippen LogP contribution is -2.24. The predicted molar refractivity (Wildman–Crippen MR) is 137 cm³/mol. The molecule has 1 amide bonds. The van der Waals surface area contributed by atoms with Crippen LogP contribution in [0.5, 0.6) is 11.5 Å². The molecule has 0 spiro atoms. The van der Waals surface area contributed by atoms with E-state index >= 15 is 0 Å². The van der Waals surface area contributed by atoms with Crippen molar-refractivity contribution in [3.8, 4) is 17.2 Å². The Balaban J connectivity index is 1.56. The molecule has 35 heavy (non-hydrogen) atoms. The number of ether oxygens (including phenoxy) is 2. The topological polar surface area (TPSA) is 78.3 Å². The smallest absolute Gasteiger partial charge is 0.251 e. The van der Waals surface area contributed by atoms with Crippen molar-refractivity contribution >= 4 is 17.7 Å². The van der Waals surface area contributed by atoms with E-state index in [9.17, 15) is 4.79 Å². The molecule has 1 heterocycles. The maximum absolute atomic E-state index is 12.7. The highest BCUT2D eigenvalue weighted by atomic mass is 32.2. The Morgan fingerprint density at radius 1 is 1.00 bits per heavy atom. The van der Waals surface area contributed by atoms with Gasteiger partial charge in [0.2, 0.25) is 0 Å². The standard InChI is InChI=1S/C27H28N4O3S/c1-4-34-24-14-10-22(11-15-24)31-25(17-28-26(32)21-8-12-23(33-3)13-9-21)29-30-27(31)35-18-20-7-5-6-19(2)16-20/h5-16H,4,17-18H2,1-3H3,(H,28,32). The maximum Gasteiger partial charge on any atom is 0.251 e. The lowest BCUT2D eigenvalue weighted by molar-refractivity contribution is 0.0949. The Morgan fingerprint density at radius 3 is 2.43 bits per heavy atom. The fraction of sp³-hybridized carbons (Fsp3) is 0.222. The van der Waals surface area contributed by atoms with Crippen molar-refractivity contribution in [2.24, 2.45) is 0 Å². The molecule has 1 N–H and O–H groups in total. The Labute approximate surface area is 209 Å². The Kier molecular flexibility index (Phi) is 8.05. The number of rotatable bonds is 10. The number of amides is 1. The highest BCUT2D eigenvalue weighted by molar-refractivity contribution is 7.98. The molecule has 180 valence electrons. The first-order valence-corrected chi connectivity index (χ1v) is 12.3. The van der Waals surface area contributed by atoms with Crippen LogP contribution in [-0.4, -0.2) is 34.4 Å². The molecule has 0 saturated heterocycles. The fourth-order valence-electron chi connectivity index (χ4n) is 3.58. The second-order valence-electron chi connectivity index (χ2n) is 7.85. The van der Waals surface area contributed by atoms with Crippen molar-refractivity contribution in [2.75, 3.05) is 13.7 Å². The zero-order chi connectivity index (χ0) is 24.6. The molecular weight excluding hydrogens is 460 g/mol. The minimum atomic E-state index is -0.192.